The van der Waals surface area contributed by atoms with Gasteiger partial charge in [-0.2, -0.15) is 0 Å². The van der Waals surface area contributed by atoms with Crippen molar-refractivity contribution in [3.8, 4) is 0 Å². The van der Waals surface area contributed by atoms with E-state index in [4.69, 9.17) is 0 Å². The van der Waals surface area contributed by atoms with Crippen LogP contribution < -0.4 is 5.32 Å². The van der Waals surface area contributed by atoms with Gasteiger partial charge in [0.05, 0.1) is 0 Å². The Balaban J connectivity index is 2.04. The SMILES string of the molecule is CCCCCCCCC1CCCCNC1=O. The molecule has 0 bridgehead atoms. The molecule has 16 heavy (non-hydrogen) atoms. The van der Waals surface area contributed by atoms with E-state index in [1.165, 1.54) is 51.4 Å². The van der Waals surface area contributed by atoms with Crippen LogP contribution in [0.1, 0.15) is 71.1 Å². The van der Waals surface area contributed by atoms with Gasteiger partial charge in [0, 0.05) is 12.5 Å². The van der Waals surface area contributed by atoms with Crippen molar-refractivity contribution in [3.05, 3.63) is 0 Å². The van der Waals surface area contributed by atoms with Gasteiger partial charge in [0.25, 0.3) is 0 Å². The molecule has 0 aromatic heterocycles. The number of carbonyl (C=O) groups is 1. The topological polar surface area (TPSA) is 29.1 Å². The van der Waals surface area contributed by atoms with Gasteiger partial charge in [-0.1, -0.05) is 51.9 Å². The molecule has 0 radical (unpaired) electrons. The van der Waals surface area contributed by atoms with Gasteiger partial charge < -0.3 is 5.32 Å². The Morgan fingerprint density at radius 3 is 2.69 bits per heavy atom. The minimum atomic E-state index is 0.311. The van der Waals surface area contributed by atoms with Gasteiger partial charge >= 0.3 is 0 Å². The third-order valence-corrected chi connectivity index (χ3v) is 3.56. The number of unbranched alkanes of at least 4 members (excludes halogenated alkanes) is 5. The summed E-state index contributed by atoms with van der Waals surface area (Å²) in [4.78, 5) is 11.7. The van der Waals surface area contributed by atoms with E-state index in [2.05, 4.69) is 12.2 Å². The van der Waals surface area contributed by atoms with E-state index in [0.29, 0.717) is 11.8 Å². The van der Waals surface area contributed by atoms with Crippen molar-refractivity contribution in [2.45, 2.75) is 71.1 Å². The molecule has 1 amide bonds. The molecular formula is C14H27NO. The van der Waals surface area contributed by atoms with Gasteiger partial charge in [0.15, 0.2) is 0 Å². The van der Waals surface area contributed by atoms with Gasteiger partial charge in [-0.05, 0) is 19.3 Å². The summed E-state index contributed by atoms with van der Waals surface area (Å²) >= 11 is 0. The Labute approximate surface area is 100 Å². The second-order valence-corrected chi connectivity index (χ2v) is 5.04. The van der Waals surface area contributed by atoms with Crippen LogP contribution in [-0.4, -0.2) is 12.5 Å². The molecule has 1 N–H and O–H groups in total. The van der Waals surface area contributed by atoms with Crippen molar-refractivity contribution in [2.75, 3.05) is 6.54 Å². The maximum Gasteiger partial charge on any atom is 0.223 e. The first-order chi connectivity index (χ1) is 7.84. The molecule has 0 aliphatic carbocycles. The van der Waals surface area contributed by atoms with E-state index in [1.807, 2.05) is 0 Å². The quantitative estimate of drug-likeness (QED) is 0.658. The minimum Gasteiger partial charge on any atom is -0.356 e. The van der Waals surface area contributed by atoms with Crippen LogP contribution in [0.25, 0.3) is 0 Å². The van der Waals surface area contributed by atoms with Gasteiger partial charge in [0.1, 0.15) is 0 Å². The molecule has 2 nitrogen and oxygen atoms in total. The summed E-state index contributed by atoms with van der Waals surface area (Å²) in [7, 11) is 0. The molecule has 0 aromatic rings. The highest BCUT2D eigenvalue weighted by molar-refractivity contribution is 5.78. The van der Waals surface area contributed by atoms with E-state index < -0.39 is 0 Å². The Kier molecular flexibility index (Phi) is 7.28. The molecule has 1 rings (SSSR count). The van der Waals surface area contributed by atoms with Crippen molar-refractivity contribution in [1.82, 2.24) is 5.32 Å². The Bertz CT molecular complexity index is 191. The Morgan fingerprint density at radius 2 is 1.88 bits per heavy atom. The van der Waals surface area contributed by atoms with Crippen molar-refractivity contribution in [1.29, 1.82) is 0 Å². The number of amides is 1. The lowest BCUT2D eigenvalue weighted by Crippen LogP contribution is -2.28. The summed E-state index contributed by atoms with van der Waals surface area (Å²) in [5.74, 6) is 0.625. The summed E-state index contributed by atoms with van der Waals surface area (Å²) < 4.78 is 0. The molecular weight excluding hydrogens is 198 g/mol. The molecule has 1 saturated heterocycles. The molecule has 2 heteroatoms. The lowest BCUT2D eigenvalue weighted by molar-refractivity contribution is -0.124. The average Bonchev–Trinajstić information content (AvgIpc) is 2.49. The van der Waals surface area contributed by atoms with E-state index in [-0.39, 0.29) is 0 Å². The monoisotopic (exact) mass is 225 g/mol. The van der Waals surface area contributed by atoms with Crippen LogP contribution in [0.3, 0.4) is 0 Å². The van der Waals surface area contributed by atoms with E-state index in [1.54, 1.807) is 0 Å². The fraction of sp³-hybridized carbons (Fsp3) is 0.929. The molecule has 0 aromatic carbocycles. The van der Waals surface area contributed by atoms with Gasteiger partial charge in [-0.15, -0.1) is 0 Å². The van der Waals surface area contributed by atoms with E-state index in [9.17, 15) is 4.79 Å². The van der Waals surface area contributed by atoms with Gasteiger partial charge in [-0.3, -0.25) is 4.79 Å². The summed E-state index contributed by atoms with van der Waals surface area (Å²) in [6.07, 6.45) is 12.5. The molecule has 1 fully saturated rings. The lowest BCUT2D eigenvalue weighted by Gasteiger charge is -2.12. The van der Waals surface area contributed by atoms with Crippen molar-refractivity contribution in [3.63, 3.8) is 0 Å². The highest BCUT2D eigenvalue weighted by atomic mass is 16.1. The molecule has 1 aliphatic heterocycles. The fourth-order valence-corrected chi connectivity index (χ4v) is 2.45. The zero-order valence-corrected chi connectivity index (χ0v) is 10.8. The summed E-state index contributed by atoms with van der Waals surface area (Å²) in [5, 5.41) is 3.02. The van der Waals surface area contributed by atoms with Crippen LogP contribution in [0.15, 0.2) is 0 Å². The highest BCUT2D eigenvalue weighted by Gasteiger charge is 2.19. The third-order valence-electron chi connectivity index (χ3n) is 3.56. The lowest BCUT2D eigenvalue weighted by atomic mass is 9.95. The maximum absolute atomic E-state index is 11.7. The summed E-state index contributed by atoms with van der Waals surface area (Å²) in [6, 6.07) is 0. The molecule has 0 saturated carbocycles. The fourth-order valence-electron chi connectivity index (χ4n) is 2.45. The molecule has 1 atom stereocenters. The zero-order chi connectivity index (χ0) is 11.6. The van der Waals surface area contributed by atoms with Crippen LogP contribution in [-0.2, 0) is 4.79 Å². The van der Waals surface area contributed by atoms with Crippen LogP contribution >= 0.6 is 0 Å². The first kappa shape index (κ1) is 13.5. The standard InChI is InChI=1S/C14H27NO/c1-2-3-4-5-6-7-10-13-11-8-9-12-15-14(13)16/h13H,2-12H2,1H3,(H,15,16). The second-order valence-electron chi connectivity index (χ2n) is 5.04. The van der Waals surface area contributed by atoms with Crippen molar-refractivity contribution in [2.24, 2.45) is 5.92 Å². The number of nitrogens with one attached hydrogen (secondary N) is 1. The number of hydrogen-bond donors (Lipinski definition) is 1. The number of carbonyl (C=O) groups excluding carboxylic acids is 1. The first-order valence-electron chi connectivity index (χ1n) is 7.12. The molecule has 1 heterocycles. The van der Waals surface area contributed by atoms with Crippen LogP contribution in [0.4, 0.5) is 0 Å². The minimum absolute atomic E-state index is 0.311. The van der Waals surface area contributed by atoms with Crippen molar-refractivity contribution >= 4 is 5.91 Å². The Morgan fingerprint density at radius 1 is 1.12 bits per heavy atom. The highest BCUT2D eigenvalue weighted by Crippen LogP contribution is 2.19. The van der Waals surface area contributed by atoms with E-state index in [0.717, 1.165) is 19.4 Å². The van der Waals surface area contributed by atoms with Crippen LogP contribution in [0, 0.1) is 5.92 Å². The predicted octanol–water partition coefficient (Wildman–Crippen LogP) is 3.65. The van der Waals surface area contributed by atoms with Gasteiger partial charge in [0.2, 0.25) is 5.91 Å². The Hall–Kier alpha value is -0.530. The molecule has 1 aliphatic rings. The van der Waals surface area contributed by atoms with E-state index >= 15 is 0 Å². The van der Waals surface area contributed by atoms with Crippen molar-refractivity contribution < 1.29 is 4.79 Å². The maximum atomic E-state index is 11.7. The molecule has 94 valence electrons. The normalized spacial score (nSPS) is 21.6. The predicted molar refractivity (Wildman–Crippen MR) is 68.3 cm³/mol. The summed E-state index contributed by atoms with van der Waals surface area (Å²) in [5.41, 5.74) is 0. The molecule has 1 unspecified atom stereocenters. The second kappa shape index (κ2) is 8.60. The van der Waals surface area contributed by atoms with Gasteiger partial charge in [-0.25, -0.2) is 0 Å². The smallest absolute Gasteiger partial charge is 0.223 e. The van der Waals surface area contributed by atoms with Crippen LogP contribution in [0.2, 0.25) is 0 Å². The average molecular weight is 225 g/mol. The zero-order valence-electron chi connectivity index (χ0n) is 10.8. The van der Waals surface area contributed by atoms with Crippen LogP contribution in [0.5, 0.6) is 0 Å². The number of rotatable bonds is 7. The first-order valence-corrected chi connectivity index (χ1v) is 7.12. The largest absolute Gasteiger partial charge is 0.356 e. The molecule has 0 spiro atoms. The summed E-state index contributed by atoms with van der Waals surface area (Å²) in [6.45, 7) is 3.14. The third kappa shape index (κ3) is 5.53. The number of hydrogen-bond acceptors (Lipinski definition) is 1.